The first kappa shape index (κ1) is 23.9. The van der Waals surface area contributed by atoms with E-state index in [2.05, 4.69) is 26.2 Å². The van der Waals surface area contributed by atoms with Gasteiger partial charge in [-0.2, -0.15) is 0 Å². The van der Waals surface area contributed by atoms with Crippen LogP contribution in [-0.2, 0) is 16.1 Å². The molecular weight excluding hydrogens is 466 g/mol. The molecule has 2 N–H and O–H groups in total. The molecule has 3 aromatic heterocycles. The molecule has 0 aliphatic carbocycles. The summed E-state index contributed by atoms with van der Waals surface area (Å²) in [5.74, 6) is 2.23. The number of amides is 1. The first-order valence-corrected chi connectivity index (χ1v) is 12.8. The van der Waals surface area contributed by atoms with Crippen molar-refractivity contribution in [3.63, 3.8) is 0 Å². The van der Waals surface area contributed by atoms with E-state index in [0.717, 1.165) is 60.1 Å². The summed E-state index contributed by atoms with van der Waals surface area (Å²) in [5.41, 5.74) is 1.82. The summed E-state index contributed by atoms with van der Waals surface area (Å²) in [6.45, 7) is 8.13. The lowest BCUT2D eigenvalue weighted by molar-refractivity contribution is -0.141. The van der Waals surface area contributed by atoms with E-state index in [4.69, 9.17) is 14.7 Å². The molecule has 10 nitrogen and oxygen atoms in total. The van der Waals surface area contributed by atoms with Gasteiger partial charge in [-0.3, -0.25) is 9.69 Å². The Kier molecular flexibility index (Phi) is 7.09. The maximum absolute atomic E-state index is 12.1. The highest BCUT2D eigenvalue weighted by atomic mass is 32.1. The molecule has 5 rings (SSSR count). The van der Waals surface area contributed by atoms with Crippen molar-refractivity contribution in [1.29, 1.82) is 0 Å². The molecule has 5 heterocycles. The van der Waals surface area contributed by atoms with E-state index >= 15 is 0 Å². The van der Waals surface area contributed by atoms with Crippen LogP contribution in [0.2, 0.25) is 0 Å². The maximum Gasteiger partial charge on any atom is 0.251 e. The van der Waals surface area contributed by atoms with Crippen molar-refractivity contribution in [2.24, 2.45) is 0 Å². The zero-order chi connectivity index (χ0) is 24.4. The molecule has 0 saturated carbocycles. The molecule has 35 heavy (non-hydrogen) atoms. The van der Waals surface area contributed by atoms with Gasteiger partial charge in [-0.15, -0.1) is 11.3 Å². The number of aliphatic hydroxyl groups excluding tert-OH is 1. The molecule has 11 heteroatoms. The third-order valence-corrected chi connectivity index (χ3v) is 7.52. The number of aliphatic hydroxyl groups is 1. The second-order valence-electron chi connectivity index (χ2n) is 8.86. The molecule has 1 amide bonds. The van der Waals surface area contributed by atoms with E-state index in [-0.39, 0.29) is 5.91 Å². The highest BCUT2D eigenvalue weighted by Gasteiger charge is 2.25. The molecule has 1 atom stereocenters. The third-order valence-electron chi connectivity index (χ3n) is 6.41. The van der Waals surface area contributed by atoms with Gasteiger partial charge in [0.15, 0.2) is 11.6 Å². The van der Waals surface area contributed by atoms with Crippen LogP contribution in [0.15, 0.2) is 24.4 Å². The van der Waals surface area contributed by atoms with Gasteiger partial charge >= 0.3 is 0 Å². The summed E-state index contributed by atoms with van der Waals surface area (Å²) in [4.78, 5) is 34.0. The van der Waals surface area contributed by atoms with Crippen LogP contribution in [0.1, 0.15) is 11.8 Å². The van der Waals surface area contributed by atoms with Gasteiger partial charge in [0, 0.05) is 69.5 Å². The Balaban J connectivity index is 1.41. The van der Waals surface area contributed by atoms with Gasteiger partial charge in [0.1, 0.15) is 11.9 Å². The van der Waals surface area contributed by atoms with E-state index in [9.17, 15) is 9.90 Å². The third kappa shape index (κ3) is 5.22. The highest BCUT2D eigenvalue weighted by molar-refractivity contribution is 7.19. The van der Waals surface area contributed by atoms with Crippen molar-refractivity contribution in [2.45, 2.75) is 19.6 Å². The number of carbonyl (C=O) groups is 1. The number of ether oxygens (including phenoxy) is 1. The number of anilines is 2. The highest BCUT2D eigenvalue weighted by Crippen LogP contribution is 2.35. The van der Waals surface area contributed by atoms with Gasteiger partial charge < -0.3 is 25.0 Å². The monoisotopic (exact) mass is 497 g/mol. The molecule has 0 unspecified atom stereocenters. The second-order valence-corrected chi connectivity index (χ2v) is 9.99. The molecule has 2 aliphatic heterocycles. The smallest absolute Gasteiger partial charge is 0.251 e. The number of hydrogen-bond acceptors (Lipinski definition) is 10. The van der Waals surface area contributed by atoms with Crippen molar-refractivity contribution in [1.82, 2.24) is 24.8 Å². The number of fused-ring (bicyclic) bond motifs is 1. The topological polar surface area (TPSA) is 107 Å². The fraction of sp³-hybridized carbons (Fsp3) is 0.500. The zero-order valence-electron chi connectivity index (χ0n) is 20.1. The standard InChI is InChI=1S/C24H31N7O3S/c1-16(32)24(33)31-7-5-29(6-8-31)15-18-13-19-21(35-18)23(30-9-11-34-12-10-30)28-22(27-19)17-3-4-20(25-2)26-14-17/h3-4,13-14,16,32H,5-12,15H2,1-2H3,(H,25,26)/t16-/m0/s1. The molecule has 3 aromatic rings. The van der Waals surface area contributed by atoms with Crippen molar-refractivity contribution < 1.29 is 14.6 Å². The van der Waals surface area contributed by atoms with Crippen LogP contribution in [0.25, 0.3) is 21.6 Å². The van der Waals surface area contributed by atoms with Gasteiger partial charge in [-0.05, 0) is 25.1 Å². The number of nitrogens with zero attached hydrogens (tertiary/aromatic N) is 6. The van der Waals surface area contributed by atoms with Crippen LogP contribution in [0, 0.1) is 0 Å². The van der Waals surface area contributed by atoms with Crippen LogP contribution in [0.5, 0.6) is 0 Å². The van der Waals surface area contributed by atoms with E-state index in [1.807, 2.05) is 19.2 Å². The Morgan fingerprint density at radius 2 is 1.94 bits per heavy atom. The second kappa shape index (κ2) is 10.4. The molecule has 2 aliphatic rings. The van der Waals surface area contributed by atoms with Crippen molar-refractivity contribution in [3.8, 4) is 11.4 Å². The first-order chi connectivity index (χ1) is 17.0. The Labute approximate surface area is 208 Å². The average Bonchev–Trinajstić information content (AvgIpc) is 3.31. The number of nitrogens with one attached hydrogen (secondary N) is 1. The minimum absolute atomic E-state index is 0.193. The molecule has 0 bridgehead atoms. The number of carbonyl (C=O) groups excluding carboxylic acids is 1. The first-order valence-electron chi connectivity index (χ1n) is 12.0. The molecule has 0 aromatic carbocycles. The number of piperazine rings is 1. The molecular formula is C24H31N7O3S. The van der Waals surface area contributed by atoms with Gasteiger partial charge in [0.05, 0.1) is 23.4 Å². The molecule has 0 spiro atoms. The largest absolute Gasteiger partial charge is 0.384 e. The Morgan fingerprint density at radius 1 is 1.17 bits per heavy atom. The lowest BCUT2D eigenvalue weighted by Gasteiger charge is -2.35. The number of aromatic nitrogens is 3. The van der Waals surface area contributed by atoms with E-state index in [1.165, 1.54) is 11.8 Å². The van der Waals surface area contributed by atoms with Crippen LogP contribution in [0.3, 0.4) is 0 Å². The maximum atomic E-state index is 12.1. The van der Waals surface area contributed by atoms with Crippen LogP contribution < -0.4 is 10.2 Å². The molecule has 0 radical (unpaired) electrons. The summed E-state index contributed by atoms with van der Waals surface area (Å²) in [5, 5.41) is 12.6. The lowest BCUT2D eigenvalue weighted by atomic mass is 10.2. The van der Waals surface area contributed by atoms with Gasteiger partial charge in [0.25, 0.3) is 5.91 Å². The number of thiophene rings is 1. The SMILES string of the molecule is CNc1ccc(-c2nc(N3CCOCC3)c3sc(CN4CCN(C(=O)[C@H](C)O)CC4)cc3n2)cn1. The van der Waals surface area contributed by atoms with E-state index in [0.29, 0.717) is 32.1 Å². The molecule has 186 valence electrons. The fourth-order valence-corrected chi connectivity index (χ4v) is 5.60. The zero-order valence-corrected chi connectivity index (χ0v) is 20.9. The fourth-order valence-electron chi connectivity index (χ4n) is 4.45. The number of morpholine rings is 1. The van der Waals surface area contributed by atoms with Gasteiger partial charge in [0.2, 0.25) is 0 Å². The minimum atomic E-state index is -0.944. The number of hydrogen-bond donors (Lipinski definition) is 2. The van der Waals surface area contributed by atoms with Crippen molar-refractivity contribution in [3.05, 3.63) is 29.3 Å². The quantitative estimate of drug-likeness (QED) is 0.526. The van der Waals surface area contributed by atoms with E-state index in [1.54, 1.807) is 22.4 Å². The summed E-state index contributed by atoms with van der Waals surface area (Å²) in [6, 6.07) is 6.08. The normalized spacial score (nSPS) is 18.1. The van der Waals surface area contributed by atoms with Crippen molar-refractivity contribution >= 4 is 39.1 Å². The summed E-state index contributed by atoms with van der Waals surface area (Å²) >= 11 is 1.74. The molecule has 2 saturated heterocycles. The van der Waals surface area contributed by atoms with Crippen LogP contribution >= 0.6 is 11.3 Å². The molecule has 2 fully saturated rings. The Morgan fingerprint density at radius 3 is 2.60 bits per heavy atom. The predicted molar refractivity (Wildman–Crippen MR) is 137 cm³/mol. The minimum Gasteiger partial charge on any atom is -0.384 e. The van der Waals surface area contributed by atoms with E-state index < -0.39 is 6.10 Å². The van der Waals surface area contributed by atoms with Crippen LogP contribution in [-0.4, -0.2) is 101 Å². The number of rotatable bonds is 6. The van der Waals surface area contributed by atoms with Crippen LogP contribution in [0.4, 0.5) is 11.6 Å². The lowest BCUT2D eigenvalue weighted by Crippen LogP contribution is -2.50. The Hall–Kier alpha value is -2.86. The van der Waals surface area contributed by atoms with Gasteiger partial charge in [-0.25, -0.2) is 15.0 Å². The van der Waals surface area contributed by atoms with Gasteiger partial charge in [-0.1, -0.05) is 0 Å². The number of pyridine rings is 1. The summed E-state index contributed by atoms with van der Waals surface area (Å²) < 4.78 is 6.66. The summed E-state index contributed by atoms with van der Waals surface area (Å²) in [7, 11) is 1.85. The van der Waals surface area contributed by atoms with Crippen molar-refractivity contribution in [2.75, 3.05) is 69.7 Å². The predicted octanol–water partition coefficient (Wildman–Crippen LogP) is 1.66. The average molecular weight is 498 g/mol. The summed E-state index contributed by atoms with van der Waals surface area (Å²) in [6.07, 6.45) is 0.859. The Bertz CT molecular complexity index is 1170.